The number of carbonyl (C=O) groups is 1. The molecular weight excluding hydrogens is 496 g/mol. The normalized spacial score (nSPS) is 12.1. The summed E-state index contributed by atoms with van der Waals surface area (Å²) in [5.74, 6) is -0.149. The van der Waals surface area contributed by atoms with Crippen LogP contribution in [-0.2, 0) is 13.1 Å². The highest BCUT2D eigenvalue weighted by atomic mass is 16.1. The van der Waals surface area contributed by atoms with Crippen LogP contribution in [0.25, 0.3) is 22.3 Å². The molecule has 0 saturated carbocycles. The third-order valence-electron chi connectivity index (χ3n) is 7.15. The number of benzene rings is 2. The fourth-order valence-corrected chi connectivity index (χ4v) is 4.91. The van der Waals surface area contributed by atoms with Gasteiger partial charge in [0.2, 0.25) is 0 Å². The van der Waals surface area contributed by atoms with E-state index in [9.17, 15) is 4.79 Å². The average molecular weight is 533 g/mol. The van der Waals surface area contributed by atoms with Crippen LogP contribution in [0.2, 0.25) is 0 Å². The van der Waals surface area contributed by atoms with Crippen molar-refractivity contribution in [3.8, 4) is 11.3 Å². The lowest BCUT2D eigenvalue weighted by Crippen LogP contribution is -2.27. The first-order valence-corrected chi connectivity index (χ1v) is 13.9. The molecule has 3 heterocycles. The van der Waals surface area contributed by atoms with Crippen LogP contribution in [-0.4, -0.2) is 44.1 Å². The summed E-state index contributed by atoms with van der Waals surface area (Å²) >= 11 is 0. The molecule has 0 radical (unpaired) electrons. The van der Waals surface area contributed by atoms with Gasteiger partial charge >= 0.3 is 0 Å². The zero-order valence-corrected chi connectivity index (χ0v) is 23.4. The minimum absolute atomic E-state index is 0.144. The Kier molecular flexibility index (Phi) is 8.62. The number of nitrogens with one attached hydrogen (secondary N) is 1. The van der Waals surface area contributed by atoms with E-state index in [1.54, 1.807) is 18.6 Å². The van der Waals surface area contributed by atoms with E-state index in [1.807, 2.05) is 60.1 Å². The van der Waals surface area contributed by atoms with E-state index >= 15 is 0 Å². The van der Waals surface area contributed by atoms with Crippen LogP contribution in [0.3, 0.4) is 0 Å². The molecule has 40 heavy (non-hydrogen) atoms. The van der Waals surface area contributed by atoms with Crippen LogP contribution < -0.4 is 5.32 Å². The van der Waals surface area contributed by atoms with Crippen LogP contribution in [0, 0.1) is 0 Å². The van der Waals surface area contributed by atoms with Crippen molar-refractivity contribution in [3.63, 3.8) is 0 Å². The summed E-state index contributed by atoms with van der Waals surface area (Å²) < 4.78 is 1.86. The highest BCUT2D eigenvalue weighted by Gasteiger charge is 2.20. The molecule has 0 aliphatic rings. The van der Waals surface area contributed by atoms with Crippen molar-refractivity contribution in [1.29, 1.82) is 0 Å². The van der Waals surface area contributed by atoms with E-state index in [0.717, 1.165) is 40.9 Å². The van der Waals surface area contributed by atoms with Crippen LogP contribution >= 0.6 is 0 Å². The van der Waals surface area contributed by atoms with Gasteiger partial charge in [0, 0.05) is 24.5 Å². The van der Waals surface area contributed by atoms with Crippen LogP contribution in [0.1, 0.15) is 59.8 Å². The van der Waals surface area contributed by atoms with Crippen molar-refractivity contribution in [2.75, 3.05) is 13.6 Å². The van der Waals surface area contributed by atoms with E-state index in [1.165, 1.54) is 18.4 Å². The number of hydrogen-bond donors (Lipinski definition) is 1. The van der Waals surface area contributed by atoms with Gasteiger partial charge in [-0.3, -0.25) is 9.78 Å². The molecule has 204 valence electrons. The van der Waals surface area contributed by atoms with Gasteiger partial charge in [0.1, 0.15) is 0 Å². The van der Waals surface area contributed by atoms with Crippen molar-refractivity contribution >= 4 is 16.9 Å². The predicted octanol–water partition coefficient (Wildman–Crippen LogP) is 6.26. The minimum atomic E-state index is -0.149. The SMILES string of the molecule is CCCCN(C)Cc1cccc(-c2cc(C(=O)N[C@@H](C)c3ccccc3)c3cnn(Cc4ccncc4)c3n2)c1. The van der Waals surface area contributed by atoms with Gasteiger partial charge in [-0.1, -0.05) is 61.9 Å². The Morgan fingerprint density at radius 2 is 1.80 bits per heavy atom. The van der Waals surface area contributed by atoms with Gasteiger partial charge in [-0.15, -0.1) is 0 Å². The zero-order chi connectivity index (χ0) is 27.9. The van der Waals surface area contributed by atoms with Crippen molar-refractivity contribution in [3.05, 3.63) is 114 Å². The molecule has 0 fully saturated rings. The van der Waals surface area contributed by atoms with Crippen LogP contribution in [0.4, 0.5) is 0 Å². The monoisotopic (exact) mass is 532 g/mol. The Bertz CT molecular complexity index is 1560. The molecule has 0 saturated heterocycles. The fraction of sp³-hybridized carbons (Fsp3) is 0.273. The maximum absolute atomic E-state index is 13.7. The lowest BCUT2D eigenvalue weighted by Gasteiger charge is -2.17. The summed E-state index contributed by atoms with van der Waals surface area (Å²) in [4.78, 5) is 25.2. The molecule has 2 aromatic carbocycles. The topological polar surface area (TPSA) is 75.9 Å². The molecule has 0 bridgehead atoms. The molecule has 0 aliphatic heterocycles. The molecule has 1 atom stereocenters. The summed E-state index contributed by atoms with van der Waals surface area (Å²) in [6.07, 6.45) is 7.64. The summed E-state index contributed by atoms with van der Waals surface area (Å²) in [5.41, 5.74) is 6.30. The number of hydrogen-bond acceptors (Lipinski definition) is 5. The predicted molar refractivity (Wildman–Crippen MR) is 160 cm³/mol. The number of fused-ring (bicyclic) bond motifs is 1. The van der Waals surface area contributed by atoms with E-state index in [4.69, 9.17) is 4.98 Å². The second kappa shape index (κ2) is 12.7. The first-order chi connectivity index (χ1) is 19.5. The van der Waals surface area contributed by atoms with Gasteiger partial charge in [0.25, 0.3) is 5.91 Å². The number of aromatic nitrogens is 4. The molecule has 3 aromatic heterocycles. The van der Waals surface area contributed by atoms with Gasteiger partial charge in [-0.25, -0.2) is 9.67 Å². The molecule has 0 aliphatic carbocycles. The molecule has 1 amide bonds. The number of unbranched alkanes of at least 4 members (excludes halogenated alkanes) is 1. The molecule has 0 spiro atoms. The fourth-order valence-electron chi connectivity index (χ4n) is 4.91. The number of nitrogens with zero attached hydrogens (tertiary/aromatic N) is 5. The van der Waals surface area contributed by atoms with Gasteiger partial charge in [-0.2, -0.15) is 5.10 Å². The third-order valence-corrected chi connectivity index (χ3v) is 7.15. The summed E-state index contributed by atoms with van der Waals surface area (Å²) in [5, 5.41) is 8.55. The van der Waals surface area contributed by atoms with E-state index < -0.39 is 0 Å². The molecule has 0 unspecified atom stereocenters. The minimum Gasteiger partial charge on any atom is -0.345 e. The van der Waals surface area contributed by atoms with E-state index in [0.29, 0.717) is 17.8 Å². The summed E-state index contributed by atoms with van der Waals surface area (Å²) in [6, 6.07) is 24.1. The third kappa shape index (κ3) is 6.43. The number of rotatable bonds is 11. The van der Waals surface area contributed by atoms with Crippen molar-refractivity contribution < 1.29 is 4.79 Å². The lowest BCUT2D eigenvalue weighted by molar-refractivity contribution is 0.0941. The van der Waals surface area contributed by atoms with Crippen molar-refractivity contribution in [1.82, 2.24) is 30.0 Å². The molecule has 1 N–H and O–H groups in total. The largest absolute Gasteiger partial charge is 0.345 e. The highest BCUT2D eigenvalue weighted by molar-refractivity contribution is 6.06. The van der Waals surface area contributed by atoms with Gasteiger partial charge in [0.05, 0.1) is 35.4 Å². The quantitative estimate of drug-likeness (QED) is 0.217. The molecule has 7 heteroatoms. The number of carbonyl (C=O) groups excluding carboxylic acids is 1. The summed E-state index contributed by atoms with van der Waals surface area (Å²) in [7, 11) is 2.15. The molecule has 7 nitrogen and oxygen atoms in total. The lowest BCUT2D eigenvalue weighted by atomic mass is 10.0. The Morgan fingerprint density at radius 3 is 2.58 bits per heavy atom. The van der Waals surface area contributed by atoms with Gasteiger partial charge in [-0.05, 0) is 67.9 Å². The Balaban J connectivity index is 1.53. The van der Waals surface area contributed by atoms with Crippen molar-refractivity contribution in [2.45, 2.75) is 45.8 Å². The molecular formula is C33H36N6O. The van der Waals surface area contributed by atoms with Crippen molar-refractivity contribution in [2.24, 2.45) is 0 Å². The van der Waals surface area contributed by atoms with Crippen LogP contribution in [0.15, 0.2) is 91.4 Å². The first-order valence-electron chi connectivity index (χ1n) is 13.9. The standard InChI is InChI=1S/C33H36N6O/c1-4-5-18-38(3)22-26-10-9-13-28(19-26)31-20-29(33(40)36-24(2)27-11-7-6-8-12-27)30-21-35-39(32(30)37-31)23-25-14-16-34-17-15-25/h6-17,19-21,24H,4-5,18,22-23H2,1-3H3,(H,36,40)/t24-/m0/s1. The number of amides is 1. The zero-order valence-electron chi connectivity index (χ0n) is 23.4. The highest BCUT2D eigenvalue weighted by Crippen LogP contribution is 2.27. The molecule has 5 rings (SSSR count). The first kappa shape index (κ1) is 27.2. The Morgan fingerprint density at radius 1 is 1.00 bits per heavy atom. The maximum atomic E-state index is 13.7. The van der Waals surface area contributed by atoms with Gasteiger partial charge < -0.3 is 10.2 Å². The molecule has 5 aromatic rings. The van der Waals surface area contributed by atoms with Gasteiger partial charge in [0.15, 0.2) is 5.65 Å². The number of pyridine rings is 2. The van der Waals surface area contributed by atoms with E-state index in [2.05, 4.69) is 58.5 Å². The van der Waals surface area contributed by atoms with Crippen LogP contribution in [0.5, 0.6) is 0 Å². The maximum Gasteiger partial charge on any atom is 0.252 e. The summed E-state index contributed by atoms with van der Waals surface area (Å²) in [6.45, 7) is 6.66. The second-order valence-electron chi connectivity index (χ2n) is 10.3. The second-order valence-corrected chi connectivity index (χ2v) is 10.3. The Hall–Kier alpha value is -4.36. The average Bonchev–Trinajstić information content (AvgIpc) is 3.39. The smallest absolute Gasteiger partial charge is 0.252 e. The van der Waals surface area contributed by atoms with E-state index in [-0.39, 0.29) is 11.9 Å². The Labute approximate surface area is 235 Å².